The van der Waals surface area contributed by atoms with E-state index < -0.39 is 11.7 Å². The molecule has 4 rings (SSSR count). The Kier molecular flexibility index (Phi) is 7.73. The maximum atomic E-state index is 13.4. The molecule has 0 aliphatic heterocycles. The average Bonchev–Trinajstić information content (AvgIpc) is 3.29. The number of carbonyl (C=O) groups is 2. The van der Waals surface area contributed by atoms with Crippen molar-refractivity contribution in [3.63, 3.8) is 0 Å². The van der Waals surface area contributed by atoms with Crippen molar-refractivity contribution in [2.24, 2.45) is 5.92 Å². The van der Waals surface area contributed by atoms with E-state index in [1.165, 1.54) is 40.6 Å². The third-order valence-electron chi connectivity index (χ3n) is 6.46. The normalized spacial score (nSPS) is 21.1. The molecular weight excluding hydrogens is 459 g/mol. The number of rotatable bonds is 10. The van der Waals surface area contributed by atoms with Gasteiger partial charge in [-0.15, -0.1) is 0 Å². The number of amides is 2. The maximum absolute atomic E-state index is 13.4. The van der Waals surface area contributed by atoms with Gasteiger partial charge in [0.2, 0.25) is 5.91 Å². The van der Waals surface area contributed by atoms with E-state index in [-0.39, 0.29) is 41.9 Å². The Bertz CT molecular complexity index is 1030. The molecule has 4 bridgehead atoms. The molecule has 2 amide bonds. The monoisotopic (exact) mass is 488 g/mol. The summed E-state index contributed by atoms with van der Waals surface area (Å²) < 4.78 is 24.8. The Morgan fingerprint density at radius 1 is 1.12 bits per heavy atom. The molecule has 0 unspecified atom stereocenters. The minimum atomic E-state index is -0.614. The van der Waals surface area contributed by atoms with Crippen LogP contribution in [0.2, 0.25) is 5.02 Å². The quantitative estimate of drug-likeness (QED) is 0.472. The summed E-state index contributed by atoms with van der Waals surface area (Å²) in [6.45, 7) is 4.48. The first kappa shape index (κ1) is 24.5. The van der Waals surface area contributed by atoms with E-state index in [0.29, 0.717) is 12.5 Å². The number of fused-ring (bicyclic) bond motifs is 4. The second-order valence-corrected chi connectivity index (χ2v) is 9.47. The van der Waals surface area contributed by atoms with E-state index in [1.807, 2.05) is 0 Å². The van der Waals surface area contributed by atoms with Gasteiger partial charge in [-0.05, 0) is 62.8 Å². The van der Waals surface area contributed by atoms with Crippen LogP contribution in [0.4, 0.5) is 4.39 Å². The zero-order chi connectivity index (χ0) is 24.2. The third-order valence-corrected chi connectivity index (χ3v) is 6.77. The van der Waals surface area contributed by atoms with Crippen LogP contribution in [0, 0.1) is 11.7 Å². The highest BCUT2D eigenvalue weighted by molar-refractivity contribution is 6.30. The molecule has 2 fully saturated rings. The summed E-state index contributed by atoms with van der Waals surface area (Å²) in [6.07, 6.45) is 7.83. The van der Waals surface area contributed by atoms with Crippen LogP contribution in [0.15, 0.2) is 52.8 Å². The zero-order valence-corrected chi connectivity index (χ0v) is 20.2. The Morgan fingerprint density at radius 2 is 1.79 bits per heavy atom. The number of hydrogen-bond donors (Lipinski definition) is 2. The molecule has 0 heterocycles. The van der Waals surface area contributed by atoms with Crippen molar-refractivity contribution in [3.8, 4) is 5.75 Å². The highest BCUT2D eigenvalue weighted by Gasteiger charge is 2.43. The number of benzene rings is 1. The second-order valence-electron chi connectivity index (χ2n) is 9.06. The molecular formula is C26H30ClFN2O4. The number of ether oxygens (including phenoxy) is 2. The van der Waals surface area contributed by atoms with Crippen LogP contribution in [0.1, 0.15) is 46.0 Å². The summed E-state index contributed by atoms with van der Waals surface area (Å²) in [7, 11) is 0. The molecule has 0 radical (unpaired) electrons. The Morgan fingerprint density at radius 3 is 2.44 bits per heavy atom. The van der Waals surface area contributed by atoms with E-state index in [2.05, 4.69) is 24.5 Å². The first-order valence-corrected chi connectivity index (χ1v) is 12.1. The minimum Gasteiger partial charge on any atom is -0.484 e. The third kappa shape index (κ3) is 5.53. The summed E-state index contributed by atoms with van der Waals surface area (Å²) in [5, 5.41) is 5.56. The van der Waals surface area contributed by atoms with E-state index in [9.17, 15) is 14.0 Å². The van der Waals surface area contributed by atoms with Crippen molar-refractivity contribution in [1.29, 1.82) is 0 Å². The molecule has 0 spiro atoms. The molecule has 3 aliphatic carbocycles. The average molecular weight is 489 g/mol. The molecule has 1 aromatic carbocycles. The predicted molar refractivity (Wildman–Crippen MR) is 128 cm³/mol. The van der Waals surface area contributed by atoms with E-state index in [4.69, 9.17) is 21.1 Å². The molecule has 182 valence electrons. The van der Waals surface area contributed by atoms with Crippen molar-refractivity contribution in [2.45, 2.75) is 58.2 Å². The van der Waals surface area contributed by atoms with Crippen LogP contribution in [0.5, 0.6) is 5.75 Å². The lowest BCUT2D eigenvalue weighted by Crippen LogP contribution is -2.32. The molecule has 6 nitrogen and oxygen atoms in total. The van der Waals surface area contributed by atoms with Crippen molar-refractivity contribution in [2.75, 3.05) is 13.2 Å². The van der Waals surface area contributed by atoms with E-state index >= 15 is 0 Å². The van der Waals surface area contributed by atoms with Gasteiger partial charge in [0.05, 0.1) is 11.1 Å². The van der Waals surface area contributed by atoms with Crippen LogP contribution in [0.3, 0.4) is 0 Å². The van der Waals surface area contributed by atoms with Gasteiger partial charge in [0.25, 0.3) is 5.91 Å². The lowest BCUT2D eigenvalue weighted by atomic mass is 9.86. The first-order chi connectivity index (χ1) is 16.3. The van der Waals surface area contributed by atoms with Gasteiger partial charge in [0.15, 0.2) is 6.61 Å². The minimum absolute atomic E-state index is 0.0134. The van der Waals surface area contributed by atoms with Crippen LogP contribution in [-0.4, -0.2) is 37.2 Å². The van der Waals surface area contributed by atoms with Crippen molar-refractivity contribution in [1.82, 2.24) is 10.6 Å². The van der Waals surface area contributed by atoms with E-state index in [1.54, 1.807) is 6.08 Å². The van der Waals surface area contributed by atoms with Gasteiger partial charge in [-0.3, -0.25) is 9.59 Å². The highest BCUT2D eigenvalue weighted by atomic mass is 35.5. The largest absolute Gasteiger partial charge is 0.484 e. The standard InChI is InChI=1S/C26H30ClFN2O4/c1-15(2)34-26-19-8-9-20(26)18-7-6-17(19)21(18)13-30-24(31)4-3-11-29-25(32)14-33-16-5-10-22(27)23(28)12-16/h3,5,10-12,15,21,26H,4,6-9,13-14H2,1-2H3,(H,29,32)(H,30,31)/b11-3+. The zero-order valence-electron chi connectivity index (χ0n) is 19.5. The molecule has 8 heteroatoms. The van der Waals surface area contributed by atoms with Gasteiger partial charge in [-0.25, -0.2) is 4.39 Å². The molecule has 0 saturated heterocycles. The van der Waals surface area contributed by atoms with Crippen molar-refractivity contribution in [3.05, 3.63) is 63.6 Å². The lowest BCUT2D eigenvalue weighted by molar-refractivity contribution is -0.122. The van der Waals surface area contributed by atoms with Crippen LogP contribution >= 0.6 is 11.6 Å². The summed E-state index contributed by atoms with van der Waals surface area (Å²) in [5.74, 6) is -0.609. The van der Waals surface area contributed by atoms with E-state index in [0.717, 1.165) is 31.7 Å². The molecule has 0 atom stereocenters. The summed E-state index contributed by atoms with van der Waals surface area (Å²) in [6, 6.07) is 3.96. The first-order valence-electron chi connectivity index (χ1n) is 11.7. The number of hydrogen-bond acceptors (Lipinski definition) is 4. The lowest BCUT2D eigenvalue weighted by Gasteiger charge is -2.29. The Balaban J connectivity index is 1.19. The molecule has 2 saturated carbocycles. The Hall–Kier alpha value is -2.64. The summed E-state index contributed by atoms with van der Waals surface area (Å²) >= 11 is 5.61. The number of nitrogens with one attached hydrogen (secondary N) is 2. The van der Waals surface area contributed by atoms with Gasteiger partial charge >= 0.3 is 0 Å². The summed E-state index contributed by atoms with van der Waals surface area (Å²) in [4.78, 5) is 24.2. The molecule has 34 heavy (non-hydrogen) atoms. The topological polar surface area (TPSA) is 76.7 Å². The van der Waals surface area contributed by atoms with Crippen molar-refractivity contribution < 1.29 is 23.5 Å². The molecule has 2 N–H and O–H groups in total. The molecule has 3 aliphatic rings. The molecule has 0 aromatic heterocycles. The fourth-order valence-corrected chi connectivity index (χ4v) is 5.16. The van der Waals surface area contributed by atoms with Gasteiger partial charge < -0.3 is 20.1 Å². The van der Waals surface area contributed by atoms with Gasteiger partial charge in [-0.1, -0.05) is 28.8 Å². The SMILES string of the molecule is CC(C)OC1C2=C3CCC(=C1CC2)C3CNC(=O)C/C=C/NC(=O)COc1ccc(Cl)c(F)c1. The number of carbonyl (C=O) groups excluding carboxylic acids is 2. The molecule has 1 aromatic rings. The fraction of sp³-hybridized carbons (Fsp3) is 0.462. The van der Waals surface area contributed by atoms with Gasteiger partial charge in [0, 0.05) is 31.1 Å². The smallest absolute Gasteiger partial charge is 0.261 e. The van der Waals surface area contributed by atoms with Crippen molar-refractivity contribution >= 4 is 23.4 Å². The Labute approximate surface area is 204 Å². The van der Waals surface area contributed by atoms with Crippen LogP contribution in [0.25, 0.3) is 0 Å². The fourth-order valence-electron chi connectivity index (χ4n) is 5.04. The van der Waals surface area contributed by atoms with Crippen LogP contribution in [-0.2, 0) is 14.3 Å². The number of halogens is 2. The van der Waals surface area contributed by atoms with Gasteiger partial charge in [-0.2, -0.15) is 0 Å². The summed E-state index contributed by atoms with van der Waals surface area (Å²) in [5.41, 5.74) is 5.81. The second kappa shape index (κ2) is 10.7. The predicted octanol–water partition coefficient (Wildman–Crippen LogP) is 4.60. The maximum Gasteiger partial charge on any atom is 0.261 e. The van der Waals surface area contributed by atoms with Crippen LogP contribution < -0.4 is 15.4 Å². The van der Waals surface area contributed by atoms with Gasteiger partial charge in [0.1, 0.15) is 17.7 Å². The highest BCUT2D eigenvalue weighted by Crippen LogP contribution is 2.53.